The first-order valence-electron chi connectivity index (χ1n) is 12.1. The normalized spacial score (nSPS) is 16.5. The number of nitrogens with zero attached hydrogens (tertiary/aromatic N) is 3. The van der Waals surface area contributed by atoms with Gasteiger partial charge in [-0.2, -0.15) is 0 Å². The Hall–Kier alpha value is -2.81. The Bertz CT molecular complexity index is 1050. The third kappa shape index (κ3) is 7.10. The molecule has 1 aromatic carbocycles. The lowest BCUT2D eigenvalue weighted by atomic mass is 9.93. The molecule has 3 rings (SSSR count). The fourth-order valence-electron chi connectivity index (χ4n) is 4.73. The minimum absolute atomic E-state index is 0.128. The van der Waals surface area contributed by atoms with E-state index in [1.165, 1.54) is 0 Å². The Morgan fingerprint density at radius 2 is 1.83 bits per heavy atom. The van der Waals surface area contributed by atoms with Crippen LogP contribution in [0.5, 0.6) is 0 Å². The highest BCUT2D eigenvalue weighted by Gasteiger charge is 2.35. The Balaban J connectivity index is 1.72. The van der Waals surface area contributed by atoms with Crippen molar-refractivity contribution in [3.05, 3.63) is 47.4 Å². The fourth-order valence-corrected chi connectivity index (χ4v) is 4.73. The van der Waals surface area contributed by atoms with Crippen molar-refractivity contribution in [3.63, 3.8) is 0 Å². The summed E-state index contributed by atoms with van der Waals surface area (Å²) in [5, 5.41) is 5.62. The van der Waals surface area contributed by atoms with E-state index >= 15 is 0 Å². The average Bonchev–Trinajstić information content (AvgIpc) is 3.08. The number of carbonyl (C=O) groups is 2. The molecule has 9 heteroatoms. The summed E-state index contributed by atoms with van der Waals surface area (Å²) >= 11 is 0. The maximum atomic E-state index is 13.5. The minimum atomic E-state index is -0.787. The molecule has 192 valence electrons. The largest absolute Gasteiger partial charge is 0.344 e. The third-order valence-electron chi connectivity index (χ3n) is 5.96. The second-order valence-corrected chi connectivity index (χ2v) is 11.3. The SMILES string of the molecule is CCCC(NC(=O)Cc1cc(F)cc(F)c1)C(=O)Nc1ncn2c1CN(CC(C)(C)C)CC2(C)C. The molecule has 0 saturated carbocycles. The smallest absolute Gasteiger partial charge is 0.248 e. The van der Waals surface area contributed by atoms with Crippen LogP contribution in [0.25, 0.3) is 0 Å². The minimum Gasteiger partial charge on any atom is -0.344 e. The van der Waals surface area contributed by atoms with E-state index < -0.39 is 23.6 Å². The Labute approximate surface area is 206 Å². The van der Waals surface area contributed by atoms with Crippen LogP contribution in [0.3, 0.4) is 0 Å². The number of anilines is 1. The summed E-state index contributed by atoms with van der Waals surface area (Å²) < 4.78 is 29.0. The van der Waals surface area contributed by atoms with Crippen molar-refractivity contribution in [1.82, 2.24) is 19.8 Å². The molecule has 1 aliphatic heterocycles. The lowest BCUT2D eigenvalue weighted by Crippen LogP contribution is -2.49. The Morgan fingerprint density at radius 3 is 2.43 bits per heavy atom. The van der Waals surface area contributed by atoms with Gasteiger partial charge in [0.15, 0.2) is 5.82 Å². The Morgan fingerprint density at radius 1 is 1.17 bits per heavy atom. The van der Waals surface area contributed by atoms with E-state index in [9.17, 15) is 18.4 Å². The fraction of sp³-hybridized carbons (Fsp3) is 0.577. The van der Waals surface area contributed by atoms with Crippen molar-refractivity contribution >= 4 is 17.6 Å². The van der Waals surface area contributed by atoms with Crippen LogP contribution in [0, 0.1) is 17.0 Å². The summed E-state index contributed by atoms with van der Waals surface area (Å²) in [6, 6.07) is 2.19. The second kappa shape index (κ2) is 10.4. The zero-order valence-electron chi connectivity index (χ0n) is 21.5. The highest BCUT2D eigenvalue weighted by Crippen LogP contribution is 2.32. The van der Waals surface area contributed by atoms with Gasteiger partial charge in [-0.3, -0.25) is 14.5 Å². The third-order valence-corrected chi connectivity index (χ3v) is 5.96. The van der Waals surface area contributed by atoms with Crippen LogP contribution in [0.1, 0.15) is 65.6 Å². The molecule has 1 unspecified atom stereocenters. The van der Waals surface area contributed by atoms with Gasteiger partial charge in [-0.15, -0.1) is 0 Å². The first kappa shape index (κ1) is 26.8. The molecule has 0 radical (unpaired) electrons. The number of rotatable bonds is 8. The van der Waals surface area contributed by atoms with Gasteiger partial charge in [0.25, 0.3) is 0 Å². The number of hydrogen-bond donors (Lipinski definition) is 2. The second-order valence-electron chi connectivity index (χ2n) is 11.3. The van der Waals surface area contributed by atoms with Gasteiger partial charge in [-0.25, -0.2) is 13.8 Å². The summed E-state index contributed by atoms with van der Waals surface area (Å²) in [5.41, 5.74) is 1.07. The zero-order chi connectivity index (χ0) is 26.0. The van der Waals surface area contributed by atoms with Crippen LogP contribution in [0.2, 0.25) is 0 Å². The Kier molecular flexibility index (Phi) is 7.99. The number of hydrogen-bond acceptors (Lipinski definition) is 4. The number of nitrogens with one attached hydrogen (secondary N) is 2. The van der Waals surface area contributed by atoms with Crippen molar-refractivity contribution in [1.29, 1.82) is 0 Å². The summed E-state index contributed by atoms with van der Waals surface area (Å²) in [4.78, 5) is 32.6. The van der Waals surface area contributed by atoms with Gasteiger partial charge in [0.1, 0.15) is 17.7 Å². The number of aromatic nitrogens is 2. The monoisotopic (exact) mass is 489 g/mol. The molecular weight excluding hydrogens is 452 g/mol. The molecule has 1 aliphatic rings. The number of amides is 2. The molecule has 1 aromatic heterocycles. The van der Waals surface area contributed by atoms with E-state index in [1.807, 2.05) is 6.92 Å². The summed E-state index contributed by atoms with van der Waals surface area (Å²) in [5.74, 6) is -1.85. The van der Waals surface area contributed by atoms with Crippen molar-refractivity contribution in [2.75, 3.05) is 18.4 Å². The van der Waals surface area contributed by atoms with Gasteiger partial charge in [0.2, 0.25) is 11.8 Å². The van der Waals surface area contributed by atoms with Crippen molar-refractivity contribution in [3.8, 4) is 0 Å². The lowest BCUT2D eigenvalue weighted by Gasteiger charge is -2.42. The van der Waals surface area contributed by atoms with Crippen LogP contribution in [0.15, 0.2) is 24.5 Å². The highest BCUT2D eigenvalue weighted by atomic mass is 19.1. The molecule has 0 bridgehead atoms. The van der Waals surface area contributed by atoms with Crippen molar-refractivity contribution in [2.24, 2.45) is 5.41 Å². The van der Waals surface area contributed by atoms with E-state index in [0.717, 1.165) is 37.0 Å². The first-order valence-corrected chi connectivity index (χ1v) is 12.1. The number of benzene rings is 1. The van der Waals surface area contributed by atoms with Crippen LogP contribution in [-0.2, 0) is 28.1 Å². The van der Waals surface area contributed by atoms with E-state index in [1.54, 1.807) is 6.33 Å². The molecule has 0 saturated heterocycles. The van der Waals surface area contributed by atoms with Gasteiger partial charge in [0.05, 0.1) is 24.0 Å². The zero-order valence-corrected chi connectivity index (χ0v) is 21.5. The van der Waals surface area contributed by atoms with Crippen LogP contribution < -0.4 is 10.6 Å². The maximum Gasteiger partial charge on any atom is 0.248 e. The molecule has 1 atom stereocenters. The highest BCUT2D eigenvalue weighted by molar-refractivity contribution is 5.97. The molecule has 35 heavy (non-hydrogen) atoms. The topological polar surface area (TPSA) is 79.3 Å². The van der Waals surface area contributed by atoms with Gasteiger partial charge in [0, 0.05) is 25.7 Å². The standard InChI is InChI=1S/C26H37F2N5O2/c1-7-8-20(30-22(34)11-17-9-18(27)12-19(28)10-17)24(35)31-23-21-13-32(14-25(2,3)4)15-26(5,6)33(21)16-29-23/h9-10,12,16,20H,7-8,11,13-15H2,1-6H3,(H,30,34)(H,31,35). The molecule has 2 heterocycles. The molecular formula is C26H37F2N5O2. The predicted molar refractivity (Wildman–Crippen MR) is 132 cm³/mol. The first-order chi connectivity index (χ1) is 16.3. The lowest BCUT2D eigenvalue weighted by molar-refractivity contribution is -0.126. The number of imidazole rings is 1. The maximum absolute atomic E-state index is 13.5. The summed E-state index contributed by atoms with van der Waals surface area (Å²) in [6.07, 6.45) is 2.62. The van der Waals surface area contributed by atoms with Gasteiger partial charge in [-0.05, 0) is 43.4 Å². The van der Waals surface area contributed by atoms with Crippen molar-refractivity contribution in [2.45, 2.75) is 78.9 Å². The van der Waals surface area contributed by atoms with Gasteiger partial charge < -0.3 is 15.2 Å². The molecule has 2 aromatic rings. The van der Waals surface area contributed by atoms with Gasteiger partial charge in [-0.1, -0.05) is 34.1 Å². The quantitative estimate of drug-likeness (QED) is 0.582. The number of halogens is 2. The molecule has 0 spiro atoms. The molecule has 2 amide bonds. The van der Waals surface area contributed by atoms with Crippen LogP contribution in [0.4, 0.5) is 14.6 Å². The average molecular weight is 490 g/mol. The number of carbonyl (C=O) groups excluding carboxylic acids is 2. The van der Waals surface area contributed by atoms with Crippen molar-refractivity contribution < 1.29 is 18.4 Å². The van der Waals surface area contributed by atoms with E-state index in [-0.39, 0.29) is 28.8 Å². The molecule has 0 aliphatic carbocycles. The molecule has 7 nitrogen and oxygen atoms in total. The van der Waals surface area contributed by atoms with Crippen LogP contribution in [-0.4, -0.2) is 45.4 Å². The predicted octanol–water partition coefficient (Wildman–Crippen LogP) is 4.22. The van der Waals surface area contributed by atoms with E-state index in [2.05, 4.69) is 59.7 Å². The number of fused-ring (bicyclic) bond motifs is 1. The van der Waals surface area contributed by atoms with E-state index in [0.29, 0.717) is 25.2 Å². The summed E-state index contributed by atoms with van der Waals surface area (Å²) in [7, 11) is 0. The molecule has 2 N–H and O–H groups in total. The van der Waals surface area contributed by atoms with E-state index in [4.69, 9.17) is 0 Å². The summed E-state index contributed by atoms with van der Waals surface area (Å²) in [6.45, 7) is 15.2. The van der Waals surface area contributed by atoms with Gasteiger partial charge >= 0.3 is 0 Å². The van der Waals surface area contributed by atoms with Crippen LogP contribution >= 0.6 is 0 Å². The molecule has 0 fully saturated rings.